The highest BCUT2D eigenvalue weighted by atomic mass is 16.6. The second-order valence-electron chi connectivity index (χ2n) is 7.93. The van der Waals surface area contributed by atoms with E-state index < -0.39 is 11.7 Å². The van der Waals surface area contributed by atoms with Gasteiger partial charge in [0.15, 0.2) is 5.78 Å². The van der Waals surface area contributed by atoms with Crippen molar-refractivity contribution in [3.05, 3.63) is 35.6 Å². The zero-order valence-corrected chi connectivity index (χ0v) is 14.9. The number of carbonyl (C=O) groups is 2. The molecule has 0 aromatic heterocycles. The lowest BCUT2D eigenvalue weighted by molar-refractivity contribution is -0.116. The largest absolute Gasteiger partial charge is 0.443 e. The first-order valence-electron chi connectivity index (χ1n) is 8.16. The molecule has 1 amide bonds. The number of ether oxygens (including phenoxy) is 1. The number of hydrogen-bond acceptors (Lipinski definition) is 3. The maximum absolute atomic E-state index is 12.5. The van der Waals surface area contributed by atoms with E-state index in [4.69, 9.17) is 4.74 Å². The van der Waals surface area contributed by atoms with Gasteiger partial charge in [-0.05, 0) is 44.6 Å². The van der Waals surface area contributed by atoms with Crippen molar-refractivity contribution < 1.29 is 14.3 Å². The Labute approximate surface area is 138 Å². The molecule has 126 valence electrons. The van der Waals surface area contributed by atoms with Gasteiger partial charge < -0.3 is 4.74 Å². The zero-order valence-electron chi connectivity index (χ0n) is 14.9. The Hall–Kier alpha value is -1.84. The number of hydrogen-bond donors (Lipinski definition) is 0. The molecule has 4 heteroatoms. The van der Waals surface area contributed by atoms with Crippen molar-refractivity contribution in [1.29, 1.82) is 0 Å². The molecule has 2 aliphatic rings. The molecule has 0 N–H and O–H groups in total. The molecule has 0 fully saturated rings. The highest BCUT2D eigenvalue weighted by Crippen LogP contribution is 2.39. The summed E-state index contributed by atoms with van der Waals surface area (Å²) in [5.41, 5.74) is 1.65. The number of ketones is 1. The number of allylic oxidation sites excluding steroid dienone is 3. The molecule has 1 aliphatic heterocycles. The van der Waals surface area contributed by atoms with Crippen LogP contribution in [0.25, 0.3) is 0 Å². The van der Waals surface area contributed by atoms with Crippen LogP contribution in [0.15, 0.2) is 35.6 Å². The molecule has 0 saturated heterocycles. The predicted octanol–water partition coefficient (Wildman–Crippen LogP) is 4.38. The lowest BCUT2D eigenvalue weighted by Gasteiger charge is -2.31. The molecule has 0 unspecified atom stereocenters. The van der Waals surface area contributed by atoms with Crippen LogP contribution in [0.1, 0.15) is 53.9 Å². The Morgan fingerprint density at radius 2 is 2.00 bits per heavy atom. The summed E-state index contributed by atoms with van der Waals surface area (Å²) in [5, 5.41) is 0. The predicted molar refractivity (Wildman–Crippen MR) is 90.9 cm³/mol. The average molecular weight is 317 g/mol. The Morgan fingerprint density at radius 3 is 2.57 bits per heavy atom. The van der Waals surface area contributed by atoms with E-state index in [0.29, 0.717) is 30.7 Å². The van der Waals surface area contributed by atoms with Crippen LogP contribution in [0.4, 0.5) is 4.79 Å². The number of rotatable bonds is 2. The van der Waals surface area contributed by atoms with E-state index in [1.165, 1.54) is 0 Å². The summed E-state index contributed by atoms with van der Waals surface area (Å²) in [5.74, 6) is 0.0918. The quantitative estimate of drug-likeness (QED) is 0.759. The van der Waals surface area contributed by atoms with Gasteiger partial charge in [-0.1, -0.05) is 32.6 Å². The van der Waals surface area contributed by atoms with Gasteiger partial charge in [0.2, 0.25) is 0 Å². The number of amides is 1. The van der Waals surface area contributed by atoms with Crippen LogP contribution in [0.2, 0.25) is 0 Å². The number of carbonyl (C=O) groups excluding carboxylic acids is 2. The molecule has 0 atom stereocenters. The van der Waals surface area contributed by atoms with Crippen LogP contribution < -0.4 is 0 Å². The van der Waals surface area contributed by atoms with Gasteiger partial charge in [0.1, 0.15) is 5.60 Å². The van der Waals surface area contributed by atoms with E-state index in [1.807, 2.05) is 26.8 Å². The van der Waals surface area contributed by atoms with Crippen molar-refractivity contribution in [2.45, 2.75) is 59.5 Å². The third-order valence-corrected chi connectivity index (χ3v) is 4.13. The molecule has 23 heavy (non-hydrogen) atoms. The van der Waals surface area contributed by atoms with Crippen LogP contribution >= 0.6 is 0 Å². The minimum absolute atomic E-state index is 0.0509. The van der Waals surface area contributed by atoms with Gasteiger partial charge in [0.05, 0.1) is 5.70 Å². The van der Waals surface area contributed by atoms with E-state index in [9.17, 15) is 9.59 Å². The zero-order chi connectivity index (χ0) is 17.4. The average Bonchev–Trinajstić information content (AvgIpc) is 2.83. The summed E-state index contributed by atoms with van der Waals surface area (Å²) >= 11 is 0. The molecular weight excluding hydrogens is 290 g/mol. The molecule has 1 heterocycles. The lowest BCUT2D eigenvalue weighted by atomic mass is 9.78. The highest BCUT2D eigenvalue weighted by molar-refractivity contribution is 6.01. The van der Waals surface area contributed by atoms with Crippen molar-refractivity contribution in [3.63, 3.8) is 0 Å². The molecular formula is C19H27NO3. The van der Waals surface area contributed by atoms with E-state index in [2.05, 4.69) is 20.4 Å². The van der Waals surface area contributed by atoms with Gasteiger partial charge in [-0.25, -0.2) is 4.79 Å². The summed E-state index contributed by atoms with van der Waals surface area (Å²) < 4.78 is 5.50. The maximum atomic E-state index is 12.5. The molecule has 0 saturated carbocycles. The fraction of sp³-hybridized carbons (Fsp3) is 0.579. The highest BCUT2D eigenvalue weighted by Gasteiger charge is 2.37. The molecule has 4 nitrogen and oxygen atoms in total. The van der Waals surface area contributed by atoms with Gasteiger partial charge >= 0.3 is 6.09 Å². The Kier molecular flexibility index (Phi) is 4.56. The first-order valence-corrected chi connectivity index (χ1v) is 8.16. The number of nitrogens with zero attached hydrogens (tertiary/aromatic N) is 1. The van der Waals surface area contributed by atoms with Crippen LogP contribution in [0.3, 0.4) is 0 Å². The summed E-state index contributed by atoms with van der Waals surface area (Å²) in [6.45, 7) is 14.1. The topological polar surface area (TPSA) is 46.6 Å². The first-order chi connectivity index (χ1) is 10.5. The monoisotopic (exact) mass is 317 g/mol. The van der Waals surface area contributed by atoms with E-state index in [1.54, 1.807) is 11.0 Å². The Bertz CT molecular complexity index is 603. The second-order valence-corrected chi connectivity index (χ2v) is 7.93. The van der Waals surface area contributed by atoms with Gasteiger partial charge in [-0.3, -0.25) is 9.69 Å². The van der Waals surface area contributed by atoms with Gasteiger partial charge in [-0.15, -0.1) is 0 Å². The van der Waals surface area contributed by atoms with Crippen molar-refractivity contribution in [3.8, 4) is 0 Å². The van der Waals surface area contributed by atoms with Crippen molar-refractivity contribution in [1.82, 2.24) is 4.90 Å². The normalized spacial score (nSPS) is 21.3. The Balaban J connectivity index is 2.42. The van der Waals surface area contributed by atoms with Crippen molar-refractivity contribution in [2.24, 2.45) is 5.41 Å². The van der Waals surface area contributed by atoms with Gasteiger partial charge in [0, 0.05) is 18.5 Å². The second kappa shape index (κ2) is 5.99. The molecule has 2 rings (SSSR count). The summed E-state index contributed by atoms with van der Waals surface area (Å²) in [7, 11) is 0. The van der Waals surface area contributed by atoms with E-state index >= 15 is 0 Å². The van der Waals surface area contributed by atoms with Gasteiger partial charge in [-0.2, -0.15) is 0 Å². The third kappa shape index (κ3) is 3.92. The Morgan fingerprint density at radius 1 is 1.35 bits per heavy atom. The van der Waals surface area contributed by atoms with Crippen molar-refractivity contribution in [2.75, 3.05) is 6.54 Å². The van der Waals surface area contributed by atoms with Crippen LogP contribution in [0, 0.1) is 5.41 Å². The third-order valence-electron chi connectivity index (χ3n) is 4.13. The minimum atomic E-state index is -0.566. The molecule has 1 aliphatic carbocycles. The van der Waals surface area contributed by atoms with E-state index in [-0.39, 0.29) is 11.2 Å². The fourth-order valence-electron chi connectivity index (χ4n) is 2.97. The summed E-state index contributed by atoms with van der Waals surface area (Å²) in [6.07, 6.45) is 5.38. The molecule has 0 radical (unpaired) electrons. The van der Waals surface area contributed by atoms with Crippen LogP contribution in [0.5, 0.6) is 0 Å². The summed E-state index contributed by atoms with van der Waals surface area (Å²) in [6, 6.07) is 0. The standard InChI is InChI=1S/C19H27NO3/c1-7-13-9-11-20(17(22)23-18(2,3)4)16(13)14-12-19(5,6)10-8-15(14)21/h7,12H,1,8-11H2,2-6H3. The molecule has 0 aromatic carbocycles. The first kappa shape index (κ1) is 17.5. The van der Waals surface area contributed by atoms with Crippen LogP contribution in [-0.2, 0) is 9.53 Å². The van der Waals surface area contributed by atoms with Gasteiger partial charge in [0.25, 0.3) is 0 Å². The number of Topliss-reactive ketones (excluding diaryl/α,β-unsaturated/α-hetero) is 1. The minimum Gasteiger partial charge on any atom is -0.443 e. The maximum Gasteiger partial charge on any atom is 0.414 e. The fourth-order valence-corrected chi connectivity index (χ4v) is 2.97. The van der Waals surface area contributed by atoms with Crippen molar-refractivity contribution >= 4 is 11.9 Å². The molecule has 0 bridgehead atoms. The SMILES string of the molecule is C=CC1=C(C2=CC(C)(C)CCC2=O)N(C(=O)OC(C)(C)C)CC1. The smallest absolute Gasteiger partial charge is 0.414 e. The van der Waals surface area contributed by atoms with E-state index in [0.717, 1.165) is 12.0 Å². The molecule has 0 aromatic rings. The summed E-state index contributed by atoms with van der Waals surface area (Å²) in [4.78, 5) is 26.6. The lowest BCUT2D eigenvalue weighted by Crippen LogP contribution is -2.36. The molecule has 0 spiro atoms. The van der Waals surface area contributed by atoms with Crippen LogP contribution in [-0.4, -0.2) is 28.9 Å².